The summed E-state index contributed by atoms with van der Waals surface area (Å²) in [6, 6.07) is 3.84. The van der Waals surface area contributed by atoms with Crippen molar-refractivity contribution in [3.63, 3.8) is 0 Å². The zero-order valence-electron chi connectivity index (χ0n) is 9.67. The van der Waals surface area contributed by atoms with Gasteiger partial charge in [-0.25, -0.2) is 0 Å². The molecule has 16 heavy (non-hydrogen) atoms. The summed E-state index contributed by atoms with van der Waals surface area (Å²) in [6.45, 7) is 5.27. The van der Waals surface area contributed by atoms with Crippen LogP contribution in [0.5, 0.6) is 0 Å². The lowest BCUT2D eigenvalue weighted by atomic mass is 10.0. The molecule has 1 aliphatic heterocycles. The maximum absolute atomic E-state index is 9.94. The Morgan fingerprint density at radius 3 is 2.50 bits per heavy atom. The predicted molar refractivity (Wildman–Crippen MR) is 60.9 cm³/mol. The Labute approximate surface area is 95.5 Å². The first-order valence-electron chi connectivity index (χ1n) is 5.64. The van der Waals surface area contributed by atoms with Crippen LogP contribution in [0.15, 0.2) is 18.3 Å². The molecule has 1 aromatic heterocycles. The van der Waals surface area contributed by atoms with Crippen molar-refractivity contribution in [1.82, 2.24) is 9.88 Å². The molecule has 1 aromatic rings. The second-order valence-electron chi connectivity index (χ2n) is 4.65. The highest BCUT2D eigenvalue weighted by Crippen LogP contribution is 2.23. The van der Waals surface area contributed by atoms with Crippen LogP contribution in [-0.4, -0.2) is 39.3 Å². The fraction of sp³-hybridized carbons (Fsp3) is 0.583. The number of hydrogen-bond acceptors (Lipinski definition) is 4. The van der Waals surface area contributed by atoms with Crippen LogP contribution in [0.4, 0.5) is 0 Å². The van der Waals surface area contributed by atoms with Crippen LogP contribution in [0.2, 0.25) is 0 Å². The topological polar surface area (TPSA) is 56.6 Å². The minimum Gasteiger partial charge on any atom is -0.390 e. The summed E-state index contributed by atoms with van der Waals surface area (Å²) >= 11 is 0. The molecule has 1 saturated heterocycles. The lowest BCUT2D eigenvalue weighted by molar-refractivity contribution is -0.103. The SMILES string of the molecule is CC(C)c1ccc(C(O)N2CC(O)C2)nc1. The van der Waals surface area contributed by atoms with Gasteiger partial charge < -0.3 is 10.2 Å². The van der Waals surface area contributed by atoms with Crippen molar-refractivity contribution < 1.29 is 10.2 Å². The van der Waals surface area contributed by atoms with Crippen LogP contribution in [0.1, 0.15) is 37.3 Å². The fourth-order valence-corrected chi connectivity index (χ4v) is 1.79. The Balaban J connectivity index is 2.04. The van der Waals surface area contributed by atoms with E-state index in [0.29, 0.717) is 24.7 Å². The van der Waals surface area contributed by atoms with Gasteiger partial charge in [-0.05, 0) is 17.5 Å². The minimum atomic E-state index is -0.690. The average Bonchev–Trinajstić information content (AvgIpc) is 2.24. The van der Waals surface area contributed by atoms with E-state index in [9.17, 15) is 5.11 Å². The smallest absolute Gasteiger partial charge is 0.150 e. The van der Waals surface area contributed by atoms with Gasteiger partial charge in [0.05, 0.1) is 11.8 Å². The molecule has 0 aromatic carbocycles. The highest BCUT2D eigenvalue weighted by molar-refractivity contribution is 5.18. The van der Waals surface area contributed by atoms with E-state index in [1.54, 1.807) is 11.1 Å². The molecule has 0 spiro atoms. The number of β-amino-alcohol motifs (C(OH)–C–C–N with tert-alkyl or cyclic N) is 1. The standard InChI is InChI=1S/C12H18N2O2/c1-8(2)9-3-4-11(13-5-9)12(16)14-6-10(15)7-14/h3-5,8,10,12,15-16H,6-7H2,1-2H3. The second kappa shape index (κ2) is 4.49. The summed E-state index contributed by atoms with van der Waals surface area (Å²) in [5, 5.41) is 19.1. The Bertz CT molecular complexity index is 345. The molecule has 2 heterocycles. The van der Waals surface area contributed by atoms with Crippen molar-refractivity contribution in [2.45, 2.75) is 32.1 Å². The molecule has 4 heteroatoms. The lowest BCUT2D eigenvalue weighted by Gasteiger charge is -2.38. The minimum absolute atomic E-state index is 0.301. The third kappa shape index (κ3) is 2.24. The first-order valence-corrected chi connectivity index (χ1v) is 5.64. The number of aliphatic hydroxyl groups is 2. The van der Waals surface area contributed by atoms with Gasteiger partial charge in [0.15, 0.2) is 6.23 Å². The molecule has 1 atom stereocenters. The van der Waals surface area contributed by atoms with Crippen molar-refractivity contribution in [3.05, 3.63) is 29.6 Å². The molecule has 4 nitrogen and oxygen atoms in total. The molecular formula is C12H18N2O2. The lowest BCUT2D eigenvalue weighted by Crippen LogP contribution is -2.52. The van der Waals surface area contributed by atoms with E-state index in [-0.39, 0.29) is 6.10 Å². The van der Waals surface area contributed by atoms with Crippen LogP contribution in [0, 0.1) is 0 Å². The van der Waals surface area contributed by atoms with Crippen LogP contribution >= 0.6 is 0 Å². The van der Waals surface area contributed by atoms with Crippen molar-refractivity contribution in [1.29, 1.82) is 0 Å². The number of likely N-dealkylation sites (tertiary alicyclic amines) is 1. The molecule has 1 aliphatic rings. The van der Waals surface area contributed by atoms with Crippen molar-refractivity contribution in [2.75, 3.05) is 13.1 Å². The van der Waals surface area contributed by atoms with E-state index in [4.69, 9.17) is 5.11 Å². The van der Waals surface area contributed by atoms with Gasteiger partial charge >= 0.3 is 0 Å². The third-order valence-electron chi connectivity index (χ3n) is 2.98. The van der Waals surface area contributed by atoms with E-state index in [0.717, 1.165) is 0 Å². The van der Waals surface area contributed by atoms with Gasteiger partial charge in [-0.2, -0.15) is 0 Å². The Kier molecular flexibility index (Phi) is 3.23. The Morgan fingerprint density at radius 1 is 1.38 bits per heavy atom. The second-order valence-corrected chi connectivity index (χ2v) is 4.65. The molecule has 0 amide bonds. The van der Waals surface area contributed by atoms with Crippen LogP contribution in [0.3, 0.4) is 0 Å². The van der Waals surface area contributed by atoms with Gasteiger partial charge in [0.25, 0.3) is 0 Å². The maximum atomic E-state index is 9.94. The van der Waals surface area contributed by atoms with E-state index < -0.39 is 6.23 Å². The van der Waals surface area contributed by atoms with Crippen molar-refractivity contribution in [3.8, 4) is 0 Å². The molecule has 1 fully saturated rings. The molecule has 0 saturated carbocycles. The maximum Gasteiger partial charge on any atom is 0.150 e. The van der Waals surface area contributed by atoms with E-state index in [1.807, 2.05) is 12.1 Å². The highest BCUT2D eigenvalue weighted by Gasteiger charge is 2.31. The number of hydrogen-bond donors (Lipinski definition) is 2. The number of aliphatic hydroxyl groups excluding tert-OH is 2. The Hall–Kier alpha value is -0.970. The molecular weight excluding hydrogens is 204 g/mol. The summed E-state index contributed by atoms with van der Waals surface area (Å²) in [4.78, 5) is 6.05. The number of nitrogens with zero attached hydrogens (tertiary/aromatic N) is 2. The molecule has 0 bridgehead atoms. The molecule has 0 radical (unpaired) electrons. The largest absolute Gasteiger partial charge is 0.390 e. The average molecular weight is 222 g/mol. The predicted octanol–water partition coefficient (Wildman–Crippen LogP) is 0.872. The van der Waals surface area contributed by atoms with Crippen LogP contribution in [-0.2, 0) is 0 Å². The van der Waals surface area contributed by atoms with Gasteiger partial charge in [0.2, 0.25) is 0 Å². The number of rotatable bonds is 3. The summed E-state index contributed by atoms with van der Waals surface area (Å²) < 4.78 is 0. The Morgan fingerprint density at radius 2 is 2.06 bits per heavy atom. The normalized spacial score (nSPS) is 19.8. The van der Waals surface area contributed by atoms with Gasteiger partial charge in [-0.1, -0.05) is 19.9 Å². The third-order valence-corrected chi connectivity index (χ3v) is 2.98. The summed E-state index contributed by atoms with van der Waals surface area (Å²) in [6.07, 6.45) is 0.814. The van der Waals surface area contributed by atoms with E-state index in [2.05, 4.69) is 18.8 Å². The van der Waals surface area contributed by atoms with Crippen molar-refractivity contribution >= 4 is 0 Å². The molecule has 2 rings (SSSR count). The monoisotopic (exact) mass is 222 g/mol. The summed E-state index contributed by atoms with van der Waals surface area (Å²) in [5.74, 6) is 0.449. The van der Waals surface area contributed by atoms with Gasteiger partial charge in [0.1, 0.15) is 0 Å². The summed E-state index contributed by atoms with van der Waals surface area (Å²) in [5.41, 5.74) is 1.82. The first kappa shape index (κ1) is 11.5. The van der Waals surface area contributed by atoms with Gasteiger partial charge in [-0.15, -0.1) is 0 Å². The molecule has 88 valence electrons. The van der Waals surface area contributed by atoms with Crippen LogP contribution in [0.25, 0.3) is 0 Å². The zero-order valence-corrected chi connectivity index (χ0v) is 9.67. The number of aromatic nitrogens is 1. The first-order chi connectivity index (χ1) is 7.58. The fourth-order valence-electron chi connectivity index (χ4n) is 1.79. The summed E-state index contributed by atoms with van der Waals surface area (Å²) in [7, 11) is 0. The quantitative estimate of drug-likeness (QED) is 0.797. The molecule has 2 N–H and O–H groups in total. The van der Waals surface area contributed by atoms with Gasteiger partial charge in [0, 0.05) is 19.3 Å². The number of pyridine rings is 1. The zero-order chi connectivity index (χ0) is 11.7. The highest BCUT2D eigenvalue weighted by atomic mass is 16.3. The van der Waals surface area contributed by atoms with E-state index >= 15 is 0 Å². The van der Waals surface area contributed by atoms with E-state index in [1.165, 1.54) is 5.56 Å². The molecule has 0 aliphatic carbocycles. The molecule has 1 unspecified atom stereocenters. The van der Waals surface area contributed by atoms with Crippen LogP contribution < -0.4 is 0 Å². The van der Waals surface area contributed by atoms with Gasteiger partial charge in [-0.3, -0.25) is 9.88 Å². The van der Waals surface area contributed by atoms with Crippen molar-refractivity contribution in [2.24, 2.45) is 0 Å².